The summed E-state index contributed by atoms with van der Waals surface area (Å²) in [6, 6.07) is 5.71. The molecule has 0 aliphatic rings. The summed E-state index contributed by atoms with van der Waals surface area (Å²) < 4.78 is 5.81. The molecule has 0 aliphatic heterocycles. The molecule has 0 aliphatic carbocycles. The first-order valence-electron chi connectivity index (χ1n) is 4.79. The van der Waals surface area contributed by atoms with Crippen molar-refractivity contribution in [1.29, 1.82) is 0 Å². The van der Waals surface area contributed by atoms with E-state index in [4.69, 9.17) is 9.84 Å². The van der Waals surface area contributed by atoms with Crippen molar-refractivity contribution >= 4 is 33.7 Å². The van der Waals surface area contributed by atoms with Crippen molar-refractivity contribution in [2.75, 3.05) is 12.4 Å². The Labute approximate surface area is 107 Å². The lowest BCUT2D eigenvalue weighted by Gasteiger charge is -2.07. The number of carbonyl (C=O) groups excluding carboxylic acids is 1. The minimum atomic E-state index is -0.266. The molecule has 1 aromatic rings. The fraction of sp³-hybridized carbons (Fsp3) is 0.364. The topological polar surface area (TPSA) is 46.5 Å². The van der Waals surface area contributed by atoms with Crippen LogP contribution in [0.4, 0.5) is 0 Å². The zero-order valence-corrected chi connectivity index (χ0v) is 11.3. The summed E-state index contributed by atoms with van der Waals surface area (Å²) in [5.41, 5.74) is 0.885. The van der Waals surface area contributed by atoms with E-state index in [9.17, 15) is 4.79 Å². The van der Waals surface area contributed by atoms with Gasteiger partial charge in [0, 0.05) is 22.0 Å². The number of esters is 1. The summed E-state index contributed by atoms with van der Waals surface area (Å²) in [6.45, 7) is 1.80. The van der Waals surface area contributed by atoms with Crippen LogP contribution in [-0.2, 0) is 16.1 Å². The first kappa shape index (κ1) is 13.5. The van der Waals surface area contributed by atoms with E-state index in [1.54, 1.807) is 11.8 Å². The van der Waals surface area contributed by atoms with Gasteiger partial charge in [-0.15, -0.1) is 11.8 Å². The Bertz CT molecular complexity index is 368. The minimum Gasteiger partial charge on any atom is -0.465 e. The van der Waals surface area contributed by atoms with Crippen molar-refractivity contribution in [3.63, 3.8) is 0 Å². The quantitative estimate of drug-likeness (QED) is 0.516. The van der Waals surface area contributed by atoms with Crippen molar-refractivity contribution in [3.8, 4) is 0 Å². The average molecular weight is 305 g/mol. The number of thioether (sulfide) groups is 1. The van der Waals surface area contributed by atoms with Crippen LogP contribution in [0.1, 0.15) is 12.5 Å². The van der Waals surface area contributed by atoms with Gasteiger partial charge in [-0.25, -0.2) is 0 Å². The Morgan fingerprint density at radius 1 is 1.56 bits per heavy atom. The van der Waals surface area contributed by atoms with Gasteiger partial charge in [0.1, 0.15) is 6.61 Å². The number of ether oxygens (including phenoxy) is 1. The molecule has 16 heavy (non-hydrogen) atoms. The molecule has 1 rings (SSSR count). The van der Waals surface area contributed by atoms with Gasteiger partial charge in [0.25, 0.3) is 0 Å². The summed E-state index contributed by atoms with van der Waals surface area (Å²) in [5, 5.41) is 9.14. The molecule has 1 N–H and O–H groups in total. The SMILES string of the molecule is CC(=O)OCCSc1cc(Br)ccc1CO. The van der Waals surface area contributed by atoms with E-state index >= 15 is 0 Å². The Hall–Kier alpha value is -0.520. The maximum Gasteiger partial charge on any atom is 0.302 e. The molecule has 0 spiro atoms. The van der Waals surface area contributed by atoms with Gasteiger partial charge >= 0.3 is 5.97 Å². The fourth-order valence-corrected chi connectivity index (χ4v) is 2.56. The predicted molar refractivity (Wildman–Crippen MR) is 67.4 cm³/mol. The smallest absolute Gasteiger partial charge is 0.302 e. The number of benzene rings is 1. The Morgan fingerprint density at radius 2 is 2.31 bits per heavy atom. The molecular weight excluding hydrogens is 292 g/mol. The number of carbonyl (C=O) groups is 1. The summed E-state index contributed by atoms with van der Waals surface area (Å²) >= 11 is 4.94. The van der Waals surface area contributed by atoms with Gasteiger partial charge in [0.15, 0.2) is 0 Å². The molecular formula is C11H13BrO3S. The van der Waals surface area contributed by atoms with Crippen LogP contribution in [-0.4, -0.2) is 23.4 Å². The number of hydrogen-bond donors (Lipinski definition) is 1. The van der Waals surface area contributed by atoms with Crippen molar-refractivity contribution in [2.24, 2.45) is 0 Å². The molecule has 1 aromatic carbocycles. The normalized spacial score (nSPS) is 10.2. The van der Waals surface area contributed by atoms with E-state index in [2.05, 4.69) is 15.9 Å². The maximum absolute atomic E-state index is 10.6. The highest BCUT2D eigenvalue weighted by Crippen LogP contribution is 2.26. The fourth-order valence-electron chi connectivity index (χ4n) is 1.13. The lowest BCUT2D eigenvalue weighted by molar-refractivity contribution is -0.140. The monoisotopic (exact) mass is 304 g/mol. The molecule has 0 unspecified atom stereocenters. The highest BCUT2D eigenvalue weighted by atomic mass is 79.9. The lowest BCUT2D eigenvalue weighted by atomic mass is 10.2. The van der Waals surface area contributed by atoms with Crippen LogP contribution >= 0.6 is 27.7 Å². The molecule has 0 atom stereocenters. The average Bonchev–Trinajstić information content (AvgIpc) is 2.24. The highest BCUT2D eigenvalue weighted by molar-refractivity contribution is 9.10. The van der Waals surface area contributed by atoms with Gasteiger partial charge in [0.2, 0.25) is 0 Å². The first-order valence-corrected chi connectivity index (χ1v) is 6.57. The number of aliphatic hydroxyl groups is 1. The van der Waals surface area contributed by atoms with E-state index in [1.165, 1.54) is 6.92 Å². The van der Waals surface area contributed by atoms with Crippen LogP contribution in [0.2, 0.25) is 0 Å². The van der Waals surface area contributed by atoms with Gasteiger partial charge in [-0.2, -0.15) is 0 Å². The number of rotatable bonds is 5. The third-order valence-corrected chi connectivity index (χ3v) is 3.40. The molecule has 0 heterocycles. The van der Waals surface area contributed by atoms with E-state index < -0.39 is 0 Å². The third kappa shape index (κ3) is 4.55. The lowest BCUT2D eigenvalue weighted by Crippen LogP contribution is -2.02. The van der Waals surface area contributed by atoms with Crippen molar-refractivity contribution in [1.82, 2.24) is 0 Å². The predicted octanol–water partition coefficient (Wildman–Crippen LogP) is 2.60. The Kier molecular flexibility index (Phi) is 5.87. The Balaban J connectivity index is 2.51. The maximum atomic E-state index is 10.6. The van der Waals surface area contributed by atoms with Crippen LogP contribution in [0.5, 0.6) is 0 Å². The van der Waals surface area contributed by atoms with Gasteiger partial charge < -0.3 is 9.84 Å². The summed E-state index contributed by atoms with van der Waals surface area (Å²) in [5.74, 6) is 0.417. The van der Waals surface area contributed by atoms with Gasteiger partial charge in [-0.3, -0.25) is 4.79 Å². The molecule has 3 nitrogen and oxygen atoms in total. The standard InChI is InChI=1S/C11H13BrO3S/c1-8(14)15-4-5-16-11-6-10(12)3-2-9(11)7-13/h2-3,6,13H,4-5,7H2,1H3. The van der Waals surface area contributed by atoms with Crippen LogP contribution < -0.4 is 0 Å². The second kappa shape index (κ2) is 6.93. The molecule has 0 bridgehead atoms. The van der Waals surface area contributed by atoms with Crippen molar-refractivity contribution in [3.05, 3.63) is 28.2 Å². The van der Waals surface area contributed by atoms with Crippen molar-refractivity contribution < 1.29 is 14.6 Å². The number of hydrogen-bond acceptors (Lipinski definition) is 4. The van der Waals surface area contributed by atoms with E-state index in [1.807, 2.05) is 18.2 Å². The van der Waals surface area contributed by atoms with Gasteiger partial charge in [-0.05, 0) is 17.7 Å². The minimum absolute atomic E-state index is 0.0170. The third-order valence-electron chi connectivity index (χ3n) is 1.85. The molecule has 0 amide bonds. The second-order valence-corrected chi connectivity index (χ2v) is 5.15. The second-order valence-electron chi connectivity index (χ2n) is 3.10. The van der Waals surface area contributed by atoms with E-state index in [0.717, 1.165) is 14.9 Å². The molecule has 0 saturated carbocycles. The Morgan fingerprint density at radius 3 is 2.94 bits per heavy atom. The molecule has 0 radical (unpaired) electrons. The van der Waals surface area contributed by atoms with Crippen molar-refractivity contribution in [2.45, 2.75) is 18.4 Å². The zero-order chi connectivity index (χ0) is 12.0. The van der Waals surface area contributed by atoms with E-state index in [0.29, 0.717) is 12.4 Å². The van der Waals surface area contributed by atoms with E-state index in [-0.39, 0.29) is 12.6 Å². The number of halogens is 1. The summed E-state index contributed by atoms with van der Waals surface area (Å²) in [7, 11) is 0. The highest BCUT2D eigenvalue weighted by Gasteiger charge is 2.03. The molecule has 0 fully saturated rings. The van der Waals surface area contributed by atoms with Crippen LogP contribution in [0, 0.1) is 0 Å². The molecule has 0 aromatic heterocycles. The largest absolute Gasteiger partial charge is 0.465 e. The van der Waals surface area contributed by atoms with Gasteiger partial charge in [0.05, 0.1) is 6.61 Å². The van der Waals surface area contributed by atoms with Crippen LogP contribution in [0.3, 0.4) is 0 Å². The molecule has 0 saturated heterocycles. The summed E-state index contributed by atoms with van der Waals surface area (Å²) in [4.78, 5) is 11.6. The van der Waals surface area contributed by atoms with Crippen LogP contribution in [0.25, 0.3) is 0 Å². The van der Waals surface area contributed by atoms with Gasteiger partial charge in [-0.1, -0.05) is 22.0 Å². The number of aliphatic hydroxyl groups excluding tert-OH is 1. The zero-order valence-electron chi connectivity index (χ0n) is 8.90. The molecule has 88 valence electrons. The molecule has 5 heteroatoms. The summed E-state index contributed by atoms with van der Waals surface area (Å²) in [6.07, 6.45) is 0. The van der Waals surface area contributed by atoms with Crippen LogP contribution in [0.15, 0.2) is 27.6 Å². The first-order chi connectivity index (χ1) is 7.63.